The second kappa shape index (κ2) is 10.9. The summed E-state index contributed by atoms with van der Waals surface area (Å²) in [6.45, 7) is 4.11. The van der Waals surface area contributed by atoms with Crippen molar-refractivity contribution in [1.29, 1.82) is 5.26 Å². The van der Waals surface area contributed by atoms with Crippen molar-refractivity contribution in [2.75, 3.05) is 4.90 Å². The van der Waals surface area contributed by atoms with Gasteiger partial charge < -0.3 is 5.73 Å². The summed E-state index contributed by atoms with van der Waals surface area (Å²) in [5.74, 6) is 0.353. The number of fused-ring (bicyclic) bond motifs is 1. The fourth-order valence-corrected chi connectivity index (χ4v) is 7.11. The number of rotatable bonds is 5. The molecule has 1 unspecified atom stereocenters. The number of aryl methyl sites for hydroxylation is 2. The second-order valence-corrected chi connectivity index (χ2v) is 11.7. The van der Waals surface area contributed by atoms with E-state index >= 15 is 0 Å². The Morgan fingerprint density at radius 3 is 2.54 bits per heavy atom. The van der Waals surface area contributed by atoms with Crippen LogP contribution in [0.2, 0.25) is 0 Å². The molecule has 0 spiro atoms. The molecule has 1 atom stereocenters. The maximum absolute atomic E-state index is 13.7. The van der Waals surface area contributed by atoms with Gasteiger partial charge in [0.25, 0.3) is 0 Å². The van der Waals surface area contributed by atoms with Crippen molar-refractivity contribution in [1.82, 2.24) is 0 Å². The summed E-state index contributed by atoms with van der Waals surface area (Å²) in [6, 6.07) is 27.3. The molecule has 2 N–H and O–H groups in total. The van der Waals surface area contributed by atoms with Crippen LogP contribution in [0.25, 0.3) is 10.8 Å². The molecule has 0 saturated carbocycles. The number of hydrogen-bond donors (Lipinski definition) is 1. The molecule has 0 radical (unpaired) electrons. The highest BCUT2D eigenvalue weighted by Crippen LogP contribution is 2.48. The molecule has 0 fully saturated rings. The Morgan fingerprint density at radius 2 is 1.76 bits per heavy atom. The van der Waals surface area contributed by atoms with Gasteiger partial charge in [-0.05, 0) is 84.7 Å². The molecule has 4 aromatic rings. The second-order valence-electron chi connectivity index (χ2n) is 10.7. The van der Waals surface area contributed by atoms with E-state index in [1.54, 1.807) is 23.9 Å². The van der Waals surface area contributed by atoms with Crippen molar-refractivity contribution in [3.05, 3.63) is 130 Å². The molecule has 0 amide bonds. The highest BCUT2D eigenvalue weighted by molar-refractivity contribution is 7.98. The number of carbonyl (C=O) groups excluding carboxylic acids is 1. The third-order valence-electron chi connectivity index (χ3n) is 8.16. The van der Waals surface area contributed by atoms with Crippen molar-refractivity contribution in [2.24, 2.45) is 5.73 Å². The lowest BCUT2D eigenvalue weighted by atomic mass is 9.74. The molecule has 41 heavy (non-hydrogen) atoms. The van der Waals surface area contributed by atoms with Crippen LogP contribution < -0.4 is 10.6 Å². The predicted octanol–water partition coefficient (Wildman–Crippen LogP) is 8.19. The smallest absolute Gasteiger partial charge is 0.161 e. The van der Waals surface area contributed by atoms with Crippen molar-refractivity contribution >= 4 is 34.0 Å². The predicted molar refractivity (Wildman–Crippen MR) is 164 cm³/mol. The standard InChI is InChI=1S/C35H30FN3OS/c1-21-17-22(2)28(18-24(21)20-41-26-15-13-25(36)14-16-26)33-29(19-37)35(38)39(31-11-6-12-32(40)34(31)33)30-10-5-8-23-7-3-4-9-27(23)30/h3-5,7-10,13-18,33H,6,11-12,20,38H2,1-2H3. The average molecular weight is 560 g/mol. The van der Waals surface area contributed by atoms with E-state index in [0.717, 1.165) is 55.7 Å². The van der Waals surface area contributed by atoms with Gasteiger partial charge in [-0.15, -0.1) is 11.8 Å². The van der Waals surface area contributed by atoms with Gasteiger partial charge in [0.15, 0.2) is 5.78 Å². The molecule has 0 aromatic heterocycles. The Labute approximate surface area is 244 Å². The highest BCUT2D eigenvalue weighted by Gasteiger charge is 2.41. The minimum Gasteiger partial charge on any atom is -0.384 e. The number of benzene rings is 4. The van der Waals surface area contributed by atoms with Crippen LogP contribution in [0.5, 0.6) is 0 Å². The Balaban J connectivity index is 1.49. The van der Waals surface area contributed by atoms with Gasteiger partial charge in [-0.25, -0.2) is 4.39 Å². The van der Waals surface area contributed by atoms with Crippen LogP contribution in [-0.2, 0) is 10.5 Å². The van der Waals surface area contributed by atoms with E-state index in [1.165, 1.54) is 12.1 Å². The number of nitrogens with two attached hydrogens (primary N) is 1. The number of nitrogens with zero attached hydrogens (tertiary/aromatic N) is 2. The summed E-state index contributed by atoms with van der Waals surface area (Å²) in [5.41, 5.74) is 14.0. The van der Waals surface area contributed by atoms with Gasteiger partial charge in [-0.3, -0.25) is 9.69 Å². The van der Waals surface area contributed by atoms with E-state index in [2.05, 4.69) is 43.3 Å². The minimum absolute atomic E-state index is 0.0731. The quantitative estimate of drug-likeness (QED) is 0.250. The first kappa shape index (κ1) is 26.9. The molecular weight excluding hydrogens is 529 g/mol. The Morgan fingerprint density at radius 1 is 1.00 bits per heavy atom. The van der Waals surface area contributed by atoms with Gasteiger partial charge in [0.1, 0.15) is 11.6 Å². The molecule has 1 heterocycles. The fourth-order valence-electron chi connectivity index (χ4n) is 6.15. The summed E-state index contributed by atoms with van der Waals surface area (Å²) in [6.07, 6.45) is 1.90. The number of halogens is 1. The van der Waals surface area contributed by atoms with Crippen LogP contribution in [-0.4, -0.2) is 5.78 Å². The first-order chi connectivity index (χ1) is 19.9. The van der Waals surface area contributed by atoms with Crippen molar-refractivity contribution in [3.63, 3.8) is 0 Å². The van der Waals surface area contributed by atoms with Gasteiger partial charge in [0.05, 0.1) is 23.2 Å². The number of hydrogen-bond acceptors (Lipinski definition) is 5. The summed E-state index contributed by atoms with van der Waals surface area (Å²) in [4.78, 5) is 16.7. The maximum Gasteiger partial charge on any atom is 0.161 e. The number of nitriles is 1. The van der Waals surface area contributed by atoms with Gasteiger partial charge in [0.2, 0.25) is 0 Å². The van der Waals surface area contributed by atoms with Gasteiger partial charge in [-0.1, -0.05) is 48.5 Å². The molecule has 2 aliphatic rings. The largest absolute Gasteiger partial charge is 0.384 e. The van der Waals surface area contributed by atoms with Crippen LogP contribution in [0.15, 0.2) is 106 Å². The maximum atomic E-state index is 13.7. The average Bonchev–Trinajstić information content (AvgIpc) is 2.97. The summed E-state index contributed by atoms with van der Waals surface area (Å²) < 4.78 is 13.4. The normalized spacial score (nSPS) is 17.2. The van der Waals surface area contributed by atoms with Crippen molar-refractivity contribution in [3.8, 4) is 6.07 Å². The molecule has 0 bridgehead atoms. The summed E-state index contributed by atoms with van der Waals surface area (Å²) >= 11 is 1.63. The Bertz CT molecular complexity index is 1790. The molecule has 204 valence electrons. The molecule has 6 rings (SSSR count). The van der Waals surface area contributed by atoms with Crippen LogP contribution in [0.1, 0.15) is 47.4 Å². The zero-order valence-corrected chi connectivity index (χ0v) is 23.9. The lowest BCUT2D eigenvalue weighted by Crippen LogP contribution is -2.39. The molecule has 1 aliphatic heterocycles. The zero-order valence-electron chi connectivity index (χ0n) is 23.1. The molecular formula is C35H30FN3OS. The first-order valence-electron chi connectivity index (χ1n) is 13.8. The first-order valence-corrected chi connectivity index (χ1v) is 14.8. The zero-order chi connectivity index (χ0) is 28.7. The SMILES string of the molecule is Cc1cc(C)c(C2C(C#N)=C(N)N(c3cccc4ccccc34)C3=C2C(=O)CCC3)cc1CSc1ccc(F)cc1. The number of thioether (sulfide) groups is 1. The van der Waals surface area contributed by atoms with Crippen molar-refractivity contribution in [2.45, 2.75) is 49.7 Å². The molecule has 1 aliphatic carbocycles. The topological polar surface area (TPSA) is 70.1 Å². The van der Waals surface area contributed by atoms with E-state index in [1.807, 2.05) is 36.1 Å². The highest BCUT2D eigenvalue weighted by atomic mass is 32.2. The number of anilines is 1. The Hall–Kier alpha value is -4.34. The van der Waals surface area contributed by atoms with Crippen LogP contribution >= 0.6 is 11.8 Å². The van der Waals surface area contributed by atoms with E-state index in [-0.39, 0.29) is 11.6 Å². The molecule has 6 heteroatoms. The Kier molecular flexibility index (Phi) is 7.15. The summed E-state index contributed by atoms with van der Waals surface area (Å²) in [7, 11) is 0. The lowest BCUT2D eigenvalue weighted by molar-refractivity contribution is -0.116. The van der Waals surface area contributed by atoms with Gasteiger partial charge in [-0.2, -0.15) is 5.26 Å². The minimum atomic E-state index is -0.524. The molecule has 0 saturated heterocycles. The molecule has 4 nitrogen and oxygen atoms in total. The number of allylic oxidation sites excluding steroid dienone is 3. The third-order valence-corrected chi connectivity index (χ3v) is 9.23. The van der Waals surface area contributed by atoms with Crippen molar-refractivity contribution < 1.29 is 9.18 Å². The molecule has 4 aromatic carbocycles. The number of carbonyl (C=O) groups is 1. The van der Waals surface area contributed by atoms with Gasteiger partial charge >= 0.3 is 0 Å². The van der Waals surface area contributed by atoms with Crippen LogP contribution in [0.3, 0.4) is 0 Å². The monoisotopic (exact) mass is 559 g/mol. The van der Waals surface area contributed by atoms with Gasteiger partial charge in [0, 0.05) is 33.7 Å². The lowest BCUT2D eigenvalue weighted by Gasteiger charge is -2.40. The van der Waals surface area contributed by atoms with Crippen LogP contribution in [0.4, 0.5) is 10.1 Å². The fraction of sp³-hybridized carbons (Fsp3) is 0.200. The number of ketones is 1. The van der Waals surface area contributed by atoms with E-state index < -0.39 is 5.92 Å². The summed E-state index contributed by atoms with van der Waals surface area (Å²) in [5, 5.41) is 12.6. The third kappa shape index (κ3) is 4.81. The van der Waals surface area contributed by atoms with E-state index in [0.29, 0.717) is 35.6 Å². The van der Waals surface area contributed by atoms with Crippen LogP contribution in [0, 0.1) is 31.0 Å². The van der Waals surface area contributed by atoms with E-state index in [9.17, 15) is 14.4 Å². The van der Waals surface area contributed by atoms with E-state index in [4.69, 9.17) is 5.73 Å². The number of Topliss-reactive ketones (excluding diaryl/α,β-unsaturated/α-hetero) is 1.